The third-order valence-corrected chi connectivity index (χ3v) is 6.00. The van der Waals surface area contributed by atoms with Crippen molar-refractivity contribution < 1.29 is 23.8 Å². The molecule has 0 bridgehead atoms. The monoisotopic (exact) mass is 448 g/mol. The number of ether oxygens (including phenoxy) is 3. The molecule has 4 rings (SSSR count). The Morgan fingerprint density at radius 3 is 1.97 bits per heavy atom. The molecule has 0 saturated carbocycles. The van der Waals surface area contributed by atoms with Gasteiger partial charge in [0.1, 0.15) is 0 Å². The van der Waals surface area contributed by atoms with Gasteiger partial charge in [0.2, 0.25) is 11.7 Å². The van der Waals surface area contributed by atoms with Crippen molar-refractivity contribution in [3.63, 3.8) is 0 Å². The standard InChI is InChI=1S/C26H28N2O5/c1-31-22-14-18(15-23(32-2)25(22)33-3)16-24(29)27-10-12-28(13-11-27)26(30)21-9-8-19-6-4-5-7-20(19)17-21/h4-9,14-15,17H,10-13,16H2,1-3H3. The van der Waals surface area contributed by atoms with Gasteiger partial charge < -0.3 is 24.0 Å². The van der Waals surface area contributed by atoms with Crippen LogP contribution >= 0.6 is 0 Å². The number of methoxy groups -OCH3 is 3. The zero-order valence-corrected chi connectivity index (χ0v) is 19.2. The fraction of sp³-hybridized carbons (Fsp3) is 0.308. The summed E-state index contributed by atoms with van der Waals surface area (Å²) in [4.78, 5) is 29.5. The largest absolute Gasteiger partial charge is 0.493 e. The molecule has 0 aromatic heterocycles. The van der Waals surface area contributed by atoms with E-state index < -0.39 is 0 Å². The lowest BCUT2D eigenvalue weighted by molar-refractivity contribution is -0.131. The van der Waals surface area contributed by atoms with Crippen LogP contribution in [-0.4, -0.2) is 69.1 Å². The summed E-state index contributed by atoms with van der Waals surface area (Å²) < 4.78 is 16.1. The van der Waals surface area contributed by atoms with Gasteiger partial charge in [0, 0.05) is 31.7 Å². The highest BCUT2D eigenvalue weighted by atomic mass is 16.5. The average Bonchev–Trinajstić information content (AvgIpc) is 2.87. The molecule has 1 aliphatic rings. The lowest BCUT2D eigenvalue weighted by Crippen LogP contribution is -2.51. The third-order valence-electron chi connectivity index (χ3n) is 6.00. The van der Waals surface area contributed by atoms with E-state index in [0.717, 1.165) is 16.3 Å². The van der Waals surface area contributed by atoms with Gasteiger partial charge in [0.25, 0.3) is 5.91 Å². The number of benzene rings is 3. The molecule has 3 aromatic rings. The average molecular weight is 449 g/mol. The molecule has 1 fully saturated rings. The summed E-state index contributed by atoms with van der Waals surface area (Å²) in [5.74, 6) is 1.53. The highest BCUT2D eigenvalue weighted by Gasteiger charge is 2.25. The van der Waals surface area contributed by atoms with Crippen molar-refractivity contribution in [2.24, 2.45) is 0 Å². The SMILES string of the molecule is COc1cc(CC(=O)N2CCN(C(=O)c3ccc4ccccc4c3)CC2)cc(OC)c1OC. The molecule has 0 radical (unpaired) electrons. The molecule has 1 aliphatic heterocycles. The molecule has 0 atom stereocenters. The van der Waals surface area contributed by atoms with E-state index in [1.54, 1.807) is 38.4 Å². The summed E-state index contributed by atoms with van der Waals surface area (Å²) in [6.45, 7) is 2.02. The Morgan fingerprint density at radius 2 is 1.36 bits per heavy atom. The molecule has 0 N–H and O–H groups in total. The molecule has 0 spiro atoms. The zero-order chi connectivity index (χ0) is 23.4. The Balaban J connectivity index is 1.39. The first-order chi connectivity index (χ1) is 16.0. The van der Waals surface area contributed by atoms with Crippen LogP contribution in [0.5, 0.6) is 17.2 Å². The number of hydrogen-bond acceptors (Lipinski definition) is 5. The van der Waals surface area contributed by atoms with Crippen molar-refractivity contribution in [2.75, 3.05) is 47.5 Å². The first-order valence-corrected chi connectivity index (χ1v) is 10.9. The maximum absolute atomic E-state index is 13.0. The van der Waals surface area contributed by atoms with Crippen LogP contribution in [0.1, 0.15) is 15.9 Å². The number of piperazine rings is 1. The van der Waals surface area contributed by atoms with Gasteiger partial charge in [-0.2, -0.15) is 0 Å². The number of rotatable bonds is 6. The molecule has 1 saturated heterocycles. The van der Waals surface area contributed by atoms with Crippen LogP contribution < -0.4 is 14.2 Å². The fourth-order valence-electron chi connectivity index (χ4n) is 4.19. The molecule has 7 nitrogen and oxygen atoms in total. The van der Waals surface area contributed by atoms with E-state index in [4.69, 9.17) is 14.2 Å². The van der Waals surface area contributed by atoms with Crippen molar-refractivity contribution >= 4 is 22.6 Å². The Morgan fingerprint density at radius 1 is 0.758 bits per heavy atom. The molecule has 3 aromatic carbocycles. The number of nitrogens with zero attached hydrogens (tertiary/aromatic N) is 2. The van der Waals surface area contributed by atoms with Gasteiger partial charge in [-0.15, -0.1) is 0 Å². The molecular weight excluding hydrogens is 420 g/mol. The maximum Gasteiger partial charge on any atom is 0.253 e. The highest BCUT2D eigenvalue weighted by molar-refractivity contribution is 5.98. The van der Waals surface area contributed by atoms with E-state index in [2.05, 4.69) is 0 Å². The first kappa shape index (κ1) is 22.5. The Hall–Kier alpha value is -3.74. The van der Waals surface area contributed by atoms with E-state index in [-0.39, 0.29) is 18.2 Å². The number of amides is 2. The van der Waals surface area contributed by atoms with E-state index in [1.165, 1.54) is 0 Å². The molecule has 2 amide bonds. The summed E-state index contributed by atoms with van der Waals surface area (Å²) in [5.41, 5.74) is 1.45. The van der Waals surface area contributed by atoms with Gasteiger partial charge >= 0.3 is 0 Å². The van der Waals surface area contributed by atoms with Crippen LogP contribution in [0, 0.1) is 0 Å². The van der Waals surface area contributed by atoms with Gasteiger partial charge in [-0.25, -0.2) is 0 Å². The Bertz CT molecular complexity index is 1140. The lowest BCUT2D eigenvalue weighted by atomic mass is 10.1. The molecular formula is C26H28N2O5. The van der Waals surface area contributed by atoms with Gasteiger partial charge in [0.05, 0.1) is 27.8 Å². The number of hydrogen-bond donors (Lipinski definition) is 0. The van der Waals surface area contributed by atoms with Crippen LogP contribution in [0.3, 0.4) is 0 Å². The normalized spacial score (nSPS) is 13.7. The Kier molecular flexibility index (Phi) is 6.68. The second-order valence-corrected chi connectivity index (χ2v) is 7.95. The minimum atomic E-state index is -0.00233. The van der Waals surface area contributed by atoms with E-state index in [1.807, 2.05) is 47.4 Å². The summed E-state index contributed by atoms with van der Waals surface area (Å²) in [7, 11) is 4.65. The van der Waals surface area contributed by atoms with Crippen LogP contribution in [0.15, 0.2) is 54.6 Å². The van der Waals surface area contributed by atoms with Gasteiger partial charge in [-0.05, 0) is 40.6 Å². The van der Waals surface area contributed by atoms with Gasteiger partial charge in [0.15, 0.2) is 11.5 Å². The smallest absolute Gasteiger partial charge is 0.253 e. The second-order valence-electron chi connectivity index (χ2n) is 7.95. The minimum absolute atomic E-state index is 0.00192. The highest BCUT2D eigenvalue weighted by Crippen LogP contribution is 2.38. The van der Waals surface area contributed by atoms with Crippen molar-refractivity contribution in [3.8, 4) is 17.2 Å². The molecule has 0 unspecified atom stereocenters. The van der Waals surface area contributed by atoms with Crippen molar-refractivity contribution in [3.05, 3.63) is 65.7 Å². The quantitative estimate of drug-likeness (QED) is 0.578. The zero-order valence-electron chi connectivity index (χ0n) is 19.2. The predicted octanol–water partition coefficient (Wildman–Crippen LogP) is 3.39. The minimum Gasteiger partial charge on any atom is -0.493 e. The van der Waals surface area contributed by atoms with Gasteiger partial charge in [-0.3, -0.25) is 9.59 Å². The van der Waals surface area contributed by atoms with E-state index in [0.29, 0.717) is 49.0 Å². The molecule has 33 heavy (non-hydrogen) atoms. The van der Waals surface area contributed by atoms with Crippen LogP contribution in [-0.2, 0) is 11.2 Å². The Labute approximate surface area is 193 Å². The topological polar surface area (TPSA) is 68.3 Å². The van der Waals surface area contributed by atoms with Crippen molar-refractivity contribution in [2.45, 2.75) is 6.42 Å². The van der Waals surface area contributed by atoms with Crippen molar-refractivity contribution in [1.29, 1.82) is 0 Å². The molecule has 7 heteroatoms. The fourth-order valence-corrected chi connectivity index (χ4v) is 4.19. The van der Waals surface area contributed by atoms with Gasteiger partial charge in [-0.1, -0.05) is 30.3 Å². The number of carbonyl (C=O) groups is 2. The third kappa shape index (κ3) is 4.72. The van der Waals surface area contributed by atoms with E-state index in [9.17, 15) is 9.59 Å². The number of carbonyl (C=O) groups excluding carboxylic acids is 2. The second kappa shape index (κ2) is 9.81. The summed E-state index contributed by atoms with van der Waals surface area (Å²) in [6.07, 6.45) is 0.218. The van der Waals surface area contributed by atoms with E-state index >= 15 is 0 Å². The number of fused-ring (bicyclic) bond motifs is 1. The molecule has 1 heterocycles. The van der Waals surface area contributed by atoms with Crippen molar-refractivity contribution in [1.82, 2.24) is 9.80 Å². The van der Waals surface area contributed by atoms with Crippen LogP contribution in [0.25, 0.3) is 10.8 Å². The van der Waals surface area contributed by atoms with Crippen LogP contribution in [0.2, 0.25) is 0 Å². The lowest BCUT2D eigenvalue weighted by Gasteiger charge is -2.35. The molecule has 0 aliphatic carbocycles. The first-order valence-electron chi connectivity index (χ1n) is 10.9. The summed E-state index contributed by atoms with van der Waals surface area (Å²) in [5, 5.41) is 2.15. The van der Waals surface area contributed by atoms with Crippen LogP contribution in [0.4, 0.5) is 0 Å². The summed E-state index contributed by atoms with van der Waals surface area (Å²) in [6, 6.07) is 17.3. The molecule has 172 valence electrons. The predicted molar refractivity (Wildman–Crippen MR) is 126 cm³/mol. The summed E-state index contributed by atoms with van der Waals surface area (Å²) >= 11 is 0. The maximum atomic E-state index is 13.0.